The van der Waals surface area contributed by atoms with Crippen molar-refractivity contribution in [1.82, 2.24) is 15.2 Å². The van der Waals surface area contributed by atoms with E-state index in [1.54, 1.807) is 11.0 Å². The minimum absolute atomic E-state index is 0.111. The normalized spacial score (nSPS) is 19.1. The first-order valence-electron chi connectivity index (χ1n) is 11.4. The summed E-state index contributed by atoms with van der Waals surface area (Å²) < 4.78 is 58.3. The Bertz CT molecular complexity index is 1210. The van der Waals surface area contributed by atoms with Crippen LogP contribution in [0, 0.1) is 11.6 Å². The third kappa shape index (κ3) is 5.10. The molecule has 1 unspecified atom stereocenters. The molecule has 1 fully saturated rings. The molecule has 1 aromatic heterocycles. The summed E-state index contributed by atoms with van der Waals surface area (Å²) in [6.07, 6.45) is 0.1000. The van der Waals surface area contributed by atoms with Gasteiger partial charge in [-0.3, -0.25) is 9.59 Å². The van der Waals surface area contributed by atoms with Gasteiger partial charge in [0.2, 0.25) is 5.56 Å². The van der Waals surface area contributed by atoms with Gasteiger partial charge in [-0.1, -0.05) is 6.08 Å². The summed E-state index contributed by atoms with van der Waals surface area (Å²) >= 11 is 0. The van der Waals surface area contributed by atoms with Crippen LogP contribution in [0.1, 0.15) is 41.3 Å². The lowest BCUT2D eigenvalue weighted by molar-refractivity contribution is 0.101. The smallest absolute Gasteiger partial charge is 0.264 e. The third-order valence-corrected chi connectivity index (χ3v) is 6.51. The molecule has 0 saturated carbocycles. The molecule has 1 amide bonds. The maximum atomic E-state index is 15.8. The standard InChI is InChI=1S/C24H27F4N5O2/c1-13-12-33(7-6-32(13)2)18-9-17(21(25)20(22(18)26)14-4-3-5-29-10-14)31-24(35)16-11-30-19(34)8-15(16)23(27)28/h4,8-9,11,13,23,29H,3,5-7,10,12H2,1-2H3,(H,30,34)(H,31,35). The number of anilines is 2. The van der Waals surface area contributed by atoms with E-state index in [0.717, 1.165) is 6.20 Å². The van der Waals surface area contributed by atoms with Crippen LogP contribution in [0.3, 0.4) is 0 Å². The molecule has 0 aliphatic carbocycles. The Kier molecular flexibility index (Phi) is 7.27. The van der Waals surface area contributed by atoms with Gasteiger partial charge in [-0.15, -0.1) is 0 Å². The van der Waals surface area contributed by atoms with Crippen LogP contribution in [0.25, 0.3) is 5.57 Å². The molecule has 1 saturated heterocycles. The van der Waals surface area contributed by atoms with E-state index in [2.05, 4.69) is 20.5 Å². The fourth-order valence-corrected chi connectivity index (χ4v) is 4.38. The van der Waals surface area contributed by atoms with Crippen LogP contribution >= 0.6 is 0 Å². The molecule has 35 heavy (non-hydrogen) atoms. The first kappa shape index (κ1) is 24.9. The third-order valence-electron chi connectivity index (χ3n) is 6.51. The van der Waals surface area contributed by atoms with E-state index in [1.165, 1.54) is 6.07 Å². The first-order chi connectivity index (χ1) is 16.7. The van der Waals surface area contributed by atoms with Crippen LogP contribution in [0.2, 0.25) is 0 Å². The molecule has 1 atom stereocenters. The SMILES string of the molecule is CC1CN(c2cc(NC(=O)c3c[nH]c(=O)cc3C(F)F)c(F)c(C3=CCCNC3)c2F)CCN1C. The number of rotatable bonds is 5. The summed E-state index contributed by atoms with van der Waals surface area (Å²) in [6, 6.07) is 1.94. The monoisotopic (exact) mass is 493 g/mol. The molecule has 7 nitrogen and oxygen atoms in total. The molecule has 0 spiro atoms. The lowest BCUT2D eigenvalue weighted by atomic mass is 9.98. The molecule has 11 heteroatoms. The van der Waals surface area contributed by atoms with Crippen LogP contribution in [-0.2, 0) is 0 Å². The van der Waals surface area contributed by atoms with Crippen molar-refractivity contribution in [1.29, 1.82) is 0 Å². The Morgan fingerprint density at radius 3 is 2.63 bits per heavy atom. The molecule has 2 aliphatic rings. The highest BCUT2D eigenvalue weighted by molar-refractivity contribution is 6.05. The fourth-order valence-electron chi connectivity index (χ4n) is 4.38. The molecule has 2 aromatic rings. The molecule has 0 bridgehead atoms. The number of aromatic amines is 1. The Labute approximate surface area is 199 Å². The first-order valence-corrected chi connectivity index (χ1v) is 11.4. The number of aromatic nitrogens is 1. The average Bonchev–Trinajstić information content (AvgIpc) is 2.83. The average molecular weight is 494 g/mol. The van der Waals surface area contributed by atoms with Gasteiger partial charge in [0.25, 0.3) is 12.3 Å². The predicted molar refractivity (Wildman–Crippen MR) is 126 cm³/mol. The highest BCUT2D eigenvalue weighted by atomic mass is 19.3. The Hall–Kier alpha value is -3.18. The number of pyridine rings is 1. The van der Waals surface area contributed by atoms with Crippen molar-refractivity contribution >= 4 is 22.9 Å². The van der Waals surface area contributed by atoms with E-state index in [4.69, 9.17) is 0 Å². The molecule has 188 valence electrons. The zero-order valence-corrected chi connectivity index (χ0v) is 19.4. The van der Waals surface area contributed by atoms with Gasteiger partial charge in [0, 0.05) is 50.0 Å². The van der Waals surface area contributed by atoms with E-state index in [9.17, 15) is 18.4 Å². The second-order valence-corrected chi connectivity index (χ2v) is 8.84. The van der Waals surface area contributed by atoms with Crippen molar-refractivity contribution < 1.29 is 22.4 Å². The molecular weight excluding hydrogens is 466 g/mol. The summed E-state index contributed by atoms with van der Waals surface area (Å²) in [5, 5.41) is 5.41. The van der Waals surface area contributed by atoms with Crippen molar-refractivity contribution in [2.75, 3.05) is 50.0 Å². The number of benzene rings is 1. The molecule has 4 rings (SSSR count). The molecule has 2 aliphatic heterocycles. The minimum Gasteiger partial charge on any atom is -0.366 e. The van der Waals surface area contributed by atoms with Crippen molar-refractivity contribution in [3.8, 4) is 0 Å². The number of nitrogens with zero attached hydrogens (tertiary/aromatic N) is 2. The van der Waals surface area contributed by atoms with E-state index in [-0.39, 0.29) is 29.5 Å². The maximum Gasteiger partial charge on any atom is 0.264 e. The summed E-state index contributed by atoms with van der Waals surface area (Å²) in [5.41, 5.74) is -2.12. The minimum atomic E-state index is -3.09. The quantitative estimate of drug-likeness (QED) is 0.557. The lowest BCUT2D eigenvalue weighted by Crippen LogP contribution is -2.50. The van der Waals surface area contributed by atoms with Crippen LogP contribution in [0.4, 0.5) is 28.9 Å². The van der Waals surface area contributed by atoms with Gasteiger partial charge >= 0.3 is 0 Å². The summed E-state index contributed by atoms with van der Waals surface area (Å²) in [7, 11) is 1.96. The highest BCUT2D eigenvalue weighted by Crippen LogP contribution is 2.36. The van der Waals surface area contributed by atoms with Crippen molar-refractivity contribution in [2.24, 2.45) is 0 Å². The number of hydrogen-bond acceptors (Lipinski definition) is 5. The van der Waals surface area contributed by atoms with Crippen molar-refractivity contribution in [3.05, 3.63) is 63.1 Å². The van der Waals surface area contributed by atoms with Gasteiger partial charge in [0.15, 0.2) is 11.6 Å². The Balaban J connectivity index is 1.79. The fraction of sp³-hybridized carbons (Fsp3) is 0.417. The number of H-pyrrole nitrogens is 1. The molecule has 3 heterocycles. The van der Waals surface area contributed by atoms with Crippen molar-refractivity contribution in [3.63, 3.8) is 0 Å². The van der Waals surface area contributed by atoms with Gasteiger partial charge < -0.3 is 25.4 Å². The maximum absolute atomic E-state index is 15.8. The number of nitrogens with one attached hydrogen (secondary N) is 3. The number of likely N-dealkylation sites (N-methyl/N-ethyl adjacent to an activating group) is 1. The van der Waals surface area contributed by atoms with Gasteiger partial charge in [0.05, 0.1) is 22.5 Å². The largest absolute Gasteiger partial charge is 0.366 e. The van der Waals surface area contributed by atoms with Gasteiger partial charge in [-0.25, -0.2) is 17.6 Å². The molecule has 3 N–H and O–H groups in total. The number of carbonyl (C=O) groups is 1. The number of amides is 1. The van der Waals surface area contributed by atoms with Crippen LogP contribution in [0.5, 0.6) is 0 Å². The topological polar surface area (TPSA) is 80.5 Å². The number of hydrogen-bond donors (Lipinski definition) is 3. The Morgan fingerprint density at radius 2 is 1.97 bits per heavy atom. The van der Waals surface area contributed by atoms with E-state index >= 15 is 8.78 Å². The molecular formula is C24H27F4N5O2. The predicted octanol–water partition coefficient (Wildman–Crippen LogP) is 3.36. The second kappa shape index (κ2) is 10.2. The van der Waals surface area contributed by atoms with Gasteiger partial charge in [-0.05, 0) is 38.6 Å². The van der Waals surface area contributed by atoms with Gasteiger partial charge in [-0.2, -0.15) is 0 Å². The van der Waals surface area contributed by atoms with Gasteiger partial charge in [0.1, 0.15) is 0 Å². The zero-order chi connectivity index (χ0) is 25.3. The summed E-state index contributed by atoms with van der Waals surface area (Å²) in [5.74, 6) is -2.76. The van der Waals surface area contributed by atoms with Crippen LogP contribution in [-0.4, -0.2) is 61.6 Å². The summed E-state index contributed by atoms with van der Waals surface area (Å²) in [6.45, 7) is 4.55. The van der Waals surface area contributed by atoms with Crippen LogP contribution in [0.15, 0.2) is 29.2 Å². The van der Waals surface area contributed by atoms with Crippen LogP contribution < -0.4 is 21.1 Å². The van der Waals surface area contributed by atoms with Crippen molar-refractivity contribution in [2.45, 2.75) is 25.8 Å². The number of carbonyl (C=O) groups excluding carboxylic acids is 1. The zero-order valence-electron chi connectivity index (χ0n) is 19.4. The number of halogens is 4. The van der Waals surface area contributed by atoms with E-state index < -0.39 is 40.7 Å². The molecule has 1 aromatic carbocycles. The molecule has 0 radical (unpaired) electrons. The van der Waals surface area contributed by atoms with E-state index in [0.29, 0.717) is 44.2 Å². The second-order valence-electron chi connectivity index (χ2n) is 8.84. The number of alkyl halides is 2. The summed E-state index contributed by atoms with van der Waals surface area (Å²) in [4.78, 5) is 30.4. The highest BCUT2D eigenvalue weighted by Gasteiger charge is 2.29. The number of piperazine rings is 1. The van der Waals surface area contributed by atoms with E-state index in [1.807, 2.05) is 14.0 Å². The Morgan fingerprint density at radius 1 is 1.20 bits per heavy atom. The lowest BCUT2D eigenvalue weighted by Gasteiger charge is -2.39.